The molecule has 1 saturated heterocycles. The van der Waals surface area contributed by atoms with Crippen LogP contribution in [0.25, 0.3) is 11.1 Å². The third kappa shape index (κ3) is 4.64. The SMILES string of the molecule is C[C@@]1(C(=O)NC2CCCCCCC2)Cn2c(cc3occc32)C(=O)N1CCN1CCCCCC1. The van der Waals surface area contributed by atoms with Crippen LogP contribution in [0.1, 0.15) is 88.0 Å². The summed E-state index contributed by atoms with van der Waals surface area (Å²) in [4.78, 5) is 32.0. The lowest BCUT2D eigenvalue weighted by Gasteiger charge is -2.45. The molecule has 7 heteroatoms. The van der Waals surface area contributed by atoms with Gasteiger partial charge in [0, 0.05) is 31.3 Å². The molecule has 0 aromatic carbocycles. The highest BCUT2D eigenvalue weighted by Gasteiger charge is 2.48. The Morgan fingerprint density at radius 1 is 1.03 bits per heavy atom. The number of fused-ring (bicyclic) bond motifs is 3. The molecule has 0 radical (unpaired) electrons. The van der Waals surface area contributed by atoms with Crippen molar-refractivity contribution in [3.8, 4) is 0 Å². The normalized spacial score (nSPS) is 25.6. The van der Waals surface area contributed by atoms with Crippen molar-refractivity contribution in [2.75, 3.05) is 26.2 Å². The van der Waals surface area contributed by atoms with Crippen molar-refractivity contribution in [3.05, 3.63) is 24.1 Å². The molecule has 2 fully saturated rings. The summed E-state index contributed by atoms with van der Waals surface area (Å²) >= 11 is 0. The molecule has 34 heavy (non-hydrogen) atoms. The zero-order valence-electron chi connectivity index (χ0n) is 20.7. The quantitative estimate of drug-likeness (QED) is 0.699. The Morgan fingerprint density at radius 2 is 1.71 bits per heavy atom. The van der Waals surface area contributed by atoms with Crippen molar-refractivity contribution in [1.29, 1.82) is 0 Å². The van der Waals surface area contributed by atoms with E-state index in [0.29, 0.717) is 24.4 Å². The Labute approximate surface area is 202 Å². The molecule has 1 aliphatic carbocycles. The second kappa shape index (κ2) is 10.1. The van der Waals surface area contributed by atoms with Gasteiger partial charge in [-0.25, -0.2) is 0 Å². The van der Waals surface area contributed by atoms with E-state index in [1.165, 1.54) is 44.9 Å². The Hall–Kier alpha value is -2.28. The number of nitrogens with zero attached hydrogens (tertiary/aromatic N) is 3. The van der Waals surface area contributed by atoms with Crippen LogP contribution < -0.4 is 5.32 Å². The van der Waals surface area contributed by atoms with Gasteiger partial charge < -0.3 is 24.1 Å². The topological polar surface area (TPSA) is 70.7 Å². The molecule has 2 aromatic heterocycles. The molecule has 3 aliphatic rings. The number of hydrogen-bond acceptors (Lipinski definition) is 4. The van der Waals surface area contributed by atoms with Gasteiger partial charge in [-0.3, -0.25) is 9.59 Å². The fourth-order valence-electron chi connectivity index (χ4n) is 6.17. The van der Waals surface area contributed by atoms with Crippen LogP contribution in [-0.2, 0) is 11.3 Å². The summed E-state index contributed by atoms with van der Waals surface area (Å²) in [5.41, 5.74) is 1.30. The lowest BCUT2D eigenvalue weighted by atomic mass is 9.92. The lowest BCUT2D eigenvalue weighted by Crippen LogP contribution is -2.65. The van der Waals surface area contributed by atoms with Gasteiger partial charge in [-0.05, 0) is 45.7 Å². The zero-order valence-corrected chi connectivity index (χ0v) is 20.7. The van der Waals surface area contributed by atoms with Gasteiger partial charge >= 0.3 is 0 Å². The molecule has 7 nitrogen and oxygen atoms in total. The average Bonchev–Trinajstić information content (AvgIpc) is 3.29. The van der Waals surface area contributed by atoms with Crippen LogP contribution in [0.15, 0.2) is 22.8 Å². The lowest BCUT2D eigenvalue weighted by molar-refractivity contribution is -0.133. The summed E-state index contributed by atoms with van der Waals surface area (Å²) in [6.45, 7) is 5.96. The molecule has 0 unspecified atom stereocenters. The highest BCUT2D eigenvalue weighted by Crippen LogP contribution is 2.33. The molecular weight excluding hydrogens is 428 g/mol. The maximum Gasteiger partial charge on any atom is 0.271 e. The molecule has 1 saturated carbocycles. The molecule has 2 aromatic rings. The molecule has 0 bridgehead atoms. The van der Waals surface area contributed by atoms with Crippen molar-refractivity contribution in [1.82, 2.24) is 19.7 Å². The molecule has 186 valence electrons. The minimum Gasteiger partial charge on any atom is -0.463 e. The minimum absolute atomic E-state index is 0.0155. The number of likely N-dealkylation sites (tertiary alicyclic amines) is 1. The summed E-state index contributed by atoms with van der Waals surface area (Å²) in [7, 11) is 0. The van der Waals surface area contributed by atoms with E-state index in [4.69, 9.17) is 4.42 Å². The van der Waals surface area contributed by atoms with Gasteiger partial charge in [0.1, 0.15) is 11.2 Å². The first-order valence-electron chi connectivity index (χ1n) is 13.5. The van der Waals surface area contributed by atoms with Gasteiger partial charge in [0.05, 0.1) is 18.3 Å². The monoisotopic (exact) mass is 468 g/mol. The summed E-state index contributed by atoms with van der Waals surface area (Å²) in [5, 5.41) is 3.38. The minimum atomic E-state index is -0.929. The van der Waals surface area contributed by atoms with E-state index in [1.807, 2.05) is 28.5 Å². The van der Waals surface area contributed by atoms with E-state index in [9.17, 15) is 9.59 Å². The van der Waals surface area contributed by atoms with Gasteiger partial charge in [-0.1, -0.05) is 44.9 Å². The fraction of sp³-hybridized carbons (Fsp3) is 0.704. The number of rotatable bonds is 5. The van der Waals surface area contributed by atoms with E-state index >= 15 is 0 Å². The maximum atomic E-state index is 13.9. The number of amides is 2. The second-order valence-corrected chi connectivity index (χ2v) is 10.8. The Morgan fingerprint density at radius 3 is 2.44 bits per heavy atom. The van der Waals surface area contributed by atoms with Gasteiger partial charge in [0.2, 0.25) is 5.91 Å². The van der Waals surface area contributed by atoms with Crippen LogP contribution in [0.3, 0.4) is 0 Å². The first kappa shape index (κ1) is 23.5. The second-order valence-electron chi connectivity index (χ2n) is 10.8. The summed E-state index contributed by atoms with van der Waals surface area (Å²) < 4.78 is 7.59. The van der Waals surface area contributed by atoms with Crippen molar-refractivity contribution < 1.29 is 14.0 Å². The average molecular weight is 469 g/mol. The van der Waals surface area contributed by atoms with Crippen molar-refractivity contribution in [3.63, 3.8) is 0 Å². The fourth-order valence-corrected chi connectivity index (χ4v) is 6.17. The van der Waals surface area contributed by atoms with Gasteiger partial charge in [-0.2, -0.15) is 0 Å². The first-order valence-corrected chi connectivity index (χ1v) is 13.5. The molecule has 0 spiro atoms. The number of furan rings is 1. The van der Waals surface area contributed by atoms with Crippen molar-refractivity contribution in [2.24, 2.45) is 0 Å². The molecule has 2 aliphatic heterocycles. The maximum absolute atomic E-state index is 13.9. The smallest absolute Gasteiger partial charge is 0.271 e. The Balaban J connectivity index is 1.40. The van der Waals surface area contributed by atoms with E-state index in [1.54, 1.807) is 6.26 Å². The third-order valence-corrected chi connectivity index (χ3v) is 8.32. The van der Waals surface area contributed by atoms with Gasteiger partial charge in [0.25, 0.3) is 5.91 Å². The largest absolute Gasteiger partial charge is 0.463 e. The van der Waals surface area contributed by atoms with Crippen LogP contribution in [0, 0.1) is 0 Å². The van der Waals surface area contributed by atoms with Crippen LogP contribution in [-0.4, -0.2) is 63.9 Å². The summed E-state index contributed by atoms with van der Waals surface area (Å²) in [5.74, 6) is -0.0823. The Bertz CT molecular complexity index is 995. The predicted octanol–water partition coefficient (Wildman–Crippen LogP) is 4.55. The number of aromatic nitrogens is 1. The molecule has 1 N–H and O–H groups in total. The predicted molar refractivity (Wildman–Crippen MR) is 133 cm³/mol. The number of carbonyl (C=O) groups excluding carboxylic acids is 2. The Kier molecular flexibility index (Phi) is 7.00. The van der Waals surface area contributed by atoms with Crippen LogP contribution in [0.4, 0.5) is 0 Å². The van der Waals surface area contributed by atoms with E-state index in [0.717, 1.165) is 50.8 Å². The summed E-state index contributed by atoms with van der Waals surface area (Å²) in [6.07, 6.45) is 14.8. The molecular formula is C27H40N4O3. The summed E-state index contributed by atoms with van der Waals surface area (Å²) in [6, 6.07) is 3.93. The highest BCUT2D eigenvalue weighted by molar-refractivity contribution is 6.02. The third-order valence-electron chi connectivity index (χ3n) is 8.32. The molecule has 5 rings (SSSR count). The van der Waals surface area contributed by atoms with E-state index in [-0.39, 0.29) is 17.9 Å². The molecule has 1 atom stereocenters. The first-order chi connectivity index (χ1) is 16.6. The number of hydrogen-bond donors (Lipinski definition) is 1. The van der Waals surface area contributed by atoms with E-state index in [2.05, 4.69) is 10.2 Å². The van der Waals surface area contributed by atoms with Crippen molar-refractivity contribution in [2.45, 2.75) is 95.7 Å². The van der Waals surface area contributed by atoms with Gasteiger partial charge in [0.15, 0.2) is 5.58 Å². The van der Waals surface area contributed by atoms with Crippen LogP contribution >= 0.6 is 0 Å². The molecule has 4 heterocycles. The highest BCUT2D eigenvalue weighted by atomic mass is 16.3. The number of nitrogens with one attached hydrogen (secondary N) is 1. The number of carbonyl (C=O) groups is 2. The molecule has 2 amide bonds. The van der Waals surface area contributed by atoms with Gasteiger partial charge in [-0.15, -0.1) is 0 Å². The zero-order chi connectivity index (χ0) is 23.5. The van der Waals surface area contributed by atoms with Crippen molar-refractivity contribution >= 4 is 22.9 Å². The van der Waals surface area contributed by atoms with Crippen LogP contribution in [0.2, 0.25) is 0 Å². The standard InChI is InChI=1S/C27H40N4O3/c1-27(26(33)28-21-11-7-3-2-4-8-12-21)20-30-22-13-18-34-24(22)19-23(30)25(32)31(27)17-16-29-14-9-5-6-10-15-29/h13,18-19,21H,2-12,14-17,20H2,1H3,(H,28,33)/t27-/m0/s1. The van der Waals surface area contributed by atoms with E-state index < -0.39 is 5.54 Å². The van der Waals surface area contributed by atoms with Crippen LogP contribution in [0.5, 0.6) is 0 Å².